The second kappa shape index (κ2) is 9.13. The summed E-state index contributed by atoms with van der Waals surface area (Å²) in [5.74, 6) is -1.40. The second-order valence-electron chi connectivity index (χ2n) is 4.36. The maximum absolute atomic E-state index is 11.7. The lowest BCUT2D eigenvalue weighted by atomic mass is 10.2. The highest BCUT2D eigenvalue weighted by Gasteiger charge is 2.23. The van der Waals surface area contributed by atoms with Crippen LogP contribution in [-0.2, 0) is 14.3 Å². The molecule has 0 bridgehead atoms. The Bertz CT molecular complexity index is 348. The molecule has 0 aromatic rings. The third-order valence-electron chi connectivity index (χ3n) is 2.78. The fourth-order valence-corrected chi connectivity index (χ4v) is 1.44. The first-order chi connectivity index (χ1) is 9.33. The predicted molar refractivity (Wildman–Crippen MR) is 72.4 cm³/mol. The van der Waals surface area contributed by atoms with E-state index in [4.69, 9.17) is 9.84 Å². The number of ether oxygens (including phenoxy) is 1. The summed E-state index contributed by atoms with van der Waals surface area (Å²) in [6, 6.07) is -2.48. The lowest BCUT2D eigenvalue weighted by Crippen LogP contribution is -2.52. The molecule has 0 aliphatic rings. The van der Waals surface area contributed by atoms with E-state index in [2.05, 4.69) is 10.6 Å². The number of carboxylic acids is 1. The Morgan fingerprint density at radius 3 is 2.35 bits per heavy atom. The summed E-state index contributed by atoms with van der Waals surface area (Å²) in [6.45, 7) is 4.09. The van der Waals surface area contributed by atoms with Crippen LogP contribution in [0.5, 0.6) is 0 Å². The predicted octanol–water partition coefficient (Wildman–Crippen LogP) is -0.358. The quantitative estimate of drug-likeness (QED) is 0.565. The average Bonchev–Trinajstić information content (AvgIpc) is 2.41. The van der Waals surface area contributed by atoms with Crippen molar-refractivity contribution in [2.45, 2.75) is 32.4 Å². The van der Waals surface area contributed by atoms with Gasteiger partial charge < -0.3 is 25.4 Å². The molecule has 0 spiro atoms. The van der Waals surface area contributed by atoms with Crippen LogP contribution in [0.15, 0.2) is 0 Å². The summed E-state index contributed by atoms with van der Waals surface area (Å²) < 4.78 is 4.77. The first-order valence-corrected chi connectivity index (χ1v) is 6.37. The smallest absolute Gasteiger partial charge is 0.326 e. The van der Waals surface area contributed by atoms with Crippen LogP contribution in [0.3, 0.4) is 0 Å². The van der Waals surface area contributed by atoms with Crippen LogP contribution in [0, 0.1) is 0 Å². The van der Waals surface area contributed by atoms with E-state index < -0.39 is 24.1 Å². The zero-order valence-corrected chi connectivity index (χ0v) is 12.3. The Morgan fingerprint density at radius 2 is 1.90 bits per heavy atom. The lowest BCUT2D eigenvalue weighted by molar-refractivity contribution is -0.139. The molecule has 2 atom stereocenters. The van der Waals surface area contributed by atoms with Crippen molar-refractivity contribution in [2.24, 2.45) is 0 Å². The van der Waals surface area contributed by atoms with Crippen molar-refractivity contribution in [1.29, 1.82) is 0 Å². The van der Waals surface area contributed by atoms with Gasteiger partial charge in [0.25, 0.3) is 0 Å². The number of likely N-dealkylation sites (N-methyl/N-ethyl adjacent to an activating group) is 1. The van der Waals surface area contributed by atoms with Crippen molar-refractivity contribution in [1.82, 2.24) is 15.5 Å². The van der Waals surface area contributed by atoms with E-state index >= 15 is 0 Å². The van der Waals surface area contributed by atoms with Crippen LogP contribution in [-0.4, -0.2) is 67.3 Å². The fourth-order valence-electron chi connectivity index (χ4n) is 1.44. The van der Waals surface area contributed by atoms with Crippen molar-refractivity contribution in [3.05, 3.63) is 0 Å². The van der Waals surface area contributed by atoms with Gasteiger partial charge in [0, 0.05) is 33.7 Å². The normalized spacial score (nSPS) is 13.2. The number of methoxy groups -OCH3 is 1. The third-order valence-corrected chi connectivity index (χ3v) is 2.78. The van der Waals surface area contributed by atoms with Crippen LogP contribution in [0.4, 0.5) is 4.79 Å². The molecule has 8 nitrogen and oxygen atoms in total. The van der Waals surface area contributed by atoms with E-state index in [9.17, 15) is 14.4 Å². The molecule has 0 aromatic heterocycles. The standard InChI is InChI=1S/C12H23N3O5/c1-5-15(3)10(16)8(2)13-12(19)14-9(11(17)18)6-7-20-4/h8-9H,5-7H2,1-4H3,(H,17,18)(H2,13,14,19). The molecule has 20 heavy (non-hydrogen) atoms. The number of carbonyl (C=O) groups excluding carboxylic acids is 2. The Kier molecular flexibility index (Phi) is 8.30. The number of hydrogen-bond acceptors (Lipinski definition) is 4. The SMILES string of the molecule is CCN(C)C(=O)C(C)NC(=O)NC(CCOC)C(=O)O. The van der Waals surface area contributed by atoms with Gasteiger partial charge in [0.1, 0.15) is 12.1 Å². The molecule has 0 saturated heterocycles. The van der Waals surface area contributed by atoms with E-state index in [0.717, 1.165) is 0 Å². The number of urea groups is 1. The van der Waals surface area contributed by atoms with E-state index in [1.165, 1.54) is 12.0 Å². The van der Waals surface area contributed by atoms with Crippen LogP contribution in [0.2, 0.25) is 0 Å². The Morgan fingerprint density at radius 1 is 1.30 bits per heavy atom. The van der Waals surface area contributed by atoms with Crippen LogP contribution < -0.4 is 10.6 Å². The summed E-state index contributed by atoms with van der Waals surface area (Å²) in [7, 11) is 3.07. The van der Waals surface area contributed by atoms with Gasteiger partial charge in [0.05, 0.1) is 0 Å². The highest BCUT2D eigenvalue weighted by molar-refractivity contribution is 5.88. The molecule has 0 heterocycles. The van der Waals surface area contributed by atoms with Gasteiger partial charge in [-0.2, -0.15) is 0 Å². The van der Waals surface area contributed by atoms with Gasteiger partial charge in [0.2, 0.25) is 5.91 Å². The van der Waals surface area contributed by atoms with Gasteiger partial charge >= 0.3 is 12.0 Å². The molecule has 2 unspecified atom stereocenters. The molecule has 3 N–H and O–H groups in total. The molecule has 0 saturated carbocycles. The molecule has 0 aliphatic heterocycles. The first-order valence-electron chi connectivity index (χ1n) is 6.37. The van der Waals surface area contributed by atoms with Crippen molar-refractivity contribution in [2.75, 3.05) is 27.3 Å². The number of carbonyl (C=O) groups is 3. The minimum atomic E-state index is -1.15. The molecule has 0 aliphatic carbocycles. The molecule has 0 radical (unpaired) electrons. The van der Waals surface area contributed by atoms with E-state index in [-0.39, 0.29) is 18.9 Å². The zero-order chi connectivity index (χ0) is 15.7. The van der Waals surface area contributed by atoms with Gasteiger partial charge in [-0.15, -0.1) is 0 Å². The maximum Gasteiger partial charge on any atom is 0.326 e. The topological polar surface area (TPSA) is 108 Å². The van der Waals surface area contributed by atoms with Gasteiger partial charge in [-0.1, -0.05) is 0 Å². The van der Waals surface area contributed by atoms with E-state index in [1.54, 1.807) is 14.0 Å². The summed E-state index contributed by atoms with van der Waals surface area (Å²) in [5.41, 5.74) is 0. The first kappa shape index (κ1) is 18.2. The van der Waals surface area contributed by atoms with E-state index in [1.807, 2.05) is 6.92 Å². The van der Waals surface area contributed by atoms with Crippen molar-refractivity contribution in [3.8, 4) is 0 Å². The number of amides is 3. The van der Waals surface area contributed by atoms with Crippen molar-refractivity contribution < 1.29 is 24.2 Å². The zero-order valence-electron chi connectivity index (χ0n) is 12.3. The van der Waals surface area contributed by atoms with Crippen LogP contribution in [0.1, 0.15) is 20.3 Å². The molecule has 3 amide bonds. The van der Waals surface area contributed by atoms with Gasteiger partial charge in [0.15, 0.2) is 0 Å². The number of nitrogens with one attached hydrogen (secondary N) is 2. The summed E-state index contributed by atoms with van der Waals surface area (Å²) in [5, 5.41) is 13.7. The summed E-state index contributed by atoms with van der Waals surface area (Å²) in [6.07, 6.45) is 0.149. The number of aliphatic carboxylic acids is 1. The third kappa shape index (κ3) is 6.37. The second-order valence-corrected chi connectivity index (χ2v) is 4.36. The Hall–Kier alpha value is -1.83. The fraction of sp³-hybridized carbons (Fsp3) is 0.750. The summed E-state index contributed by atoms with van der Waals surface area (Å²) >= 11 is 0. The van der Waals surface area contributed by atoms with Gasteiger partial charge in [-0.05, 0) is 13.8 Å². The number of carboxylic acid groups (broad SMARTS) is 1. The number of nitrogens with zero attached hydrogens (tertiary/aromatic N) is 1. The Labute approximate surface area is 118 Å². The lowest BCUT2D eigenvalue weighted by Gasteiger charge is -2.22. The average molecular weight is 289 g/mol. The minimum Gasteiger partial charge on any atom is -0.480 e. The van der Waals surface area contributed by atoms with Crippen LogP contribution >= 0.6 is 0 Å². The molecule has 0 rings (SSSR count). The number of rotatable bonds is 8. The van der Waals surface area contributed by atoms with Crippen LogP contribution in [0.25, 0.3) is 0 Å². The van der Waals surface area contributed by atoms with Gasteiger partial charge in [-0.25, -0.2) is 9.59 Å². The molecular formula is C12H23N3O5. The highest BCUT2D eigenvalue weighted by atomic mass is 16.5. The molecule has 116 valence electrons. The summed E-state index contributed by atoms with van der Waals surface area (Å²) in [4.78, 5) is 35.8. The molecule has 0 fully saturated rings. The highest BCUT2D eigenvalue weighted by Crippen LogP contribution is 1.95. The van der Waals surface area contributed by atoms with Gasteiger partial charge in [-0.3, -0.25) is 4.79 Å². The molecular weight excluding hydrogens is 266 g/mol. The monoisotopic (exact) mass is 289 g/mol. The van der Waals surface area contributed by atoms with Crippen molar-refractivity contribution >= 4 is 17.9 Å². The molecule has 8 heteroatoms. The van der Waals surface area contributed by atoms with Crippen molar-refractivity contribution in [3.63, 3.8) is 0 Å². The maximum atomic E-state index is 11.7. The number of hydrogen-bond donors (Lipinski definition) is 3. The largest absolute Gasteiger partial charge is 0.480 e. The molecule has 0 aromatic carbocycles. The minimum absolute atomic E-state index is 0.149. The van der Waals surface area contributed by atoms with E-state index in [0.29, 0.717) is 6.54 Å². The Balaban J connectivity index is 4.38.